The summed E-state index contributed by atoms with van der Waals surface area (Å²) in [6.45, 7) is 6.89. The molecule has 228 valence electrons. The van der Waals surface area contributed by atoms with E-state index in [0.29, 0.717) is 0 Å². The van der Waals surface area contributed by atoms with E-state index in [1.807, 2.05) is 0 Å². The second-order valence-electron chi connectivity index (χ2n) is 8.50. The molecule has 0 fully saturated rings. The van der Waals surface area contributed by atoms with Crippen LogP contribution in [-0.2, 0) is 23.9 Å². The van der Waals surface area contributed by atoms with Gasteiger partial charge in [-0.1, -0.05) is 0 Å². The van der Waals surface area contributed by atoms with Gasteiger partial charge in [0.05, 0.1) is 0 Å². The fourth-order valence-electron chi connectivity index (χ4n) is 2.86. The number of aliphatic hydroxyl groups is 2. The standard InChI is InChI=1S/2C11H4F5.2C3H8O.CH2.Hf/c2*12-7-6(5-3-1-2-4-5)8(13)10(15)11(16)9(7)14;2*1-3(2)4;;/h2*3-4H,1H2;2*3-4H,1-2H3;1H2;/q2*-1;;;;+2. The Morgan fingerprint density at radius 2 is 0.714 bits per heavy atom. The minimum atomic E-state index is -2.15. The van der Waals surface area contributed by atoms with Gasteiger partial charge in [0.1, 0.15) is 0 Å². The maximum atomic E-state index is 13.2. The van der Waals surface area contributed by atoms with Crippen LogP contribution in [0.15, 0.2) is 24.3 Å². The van der Waals surface area contributed by atoms with Crippen molar-refractivity contribution >= 4 is 15.4 Å². The first-order chi connectivity index (χ1) is 19.5. The molecule has 0 amide bonds. The number of aliphatic hydroxyl groups excluding tert-OH is 2. The SMILES string of the molecule is CC(C)O.CC(C)O.Fc1c(F)c(F)c(C2=CC[C-]=C2)c(F)c1F.Fc1c(F)c(F)c(C2=CC[C-]=C2)c(F)c1F.[CH2]=[Hf+2]. The molecule has 2 N–H and O–H groups in total. The Morgan fingerprint density at radius 1 is 0.524 bits per heavy atom. The molecule has 2 aromatic rings. The third-order valence-corrected chi connectivity index (χ3v) is 4.39. The van der Waals surface area contributed by atoms with Crippen LogP contribution in [0.5, 0.6) is 0 Å². The predicted molar refractivity (Wildman–Crippen MR) is 135 cm³/mol. The minimum absolute atomic E-state index is 0.0483. The van der Waals surface area contributed by atoms with Crippen molar-refractivity contribution in [3.8, 4) is 0 Å². The topological polar surface area (TPSA) is 40.5 Å². The monoisotopic (exact) mass is 776 g/mol. The molecular weight excluding hydrogens is 749 g/mol. The van der Waals surface area contributed by atoms with Crippen LogP contribution in [-0.4, -0.2) is 26.7 Å². The quantitative estimate of drug-likeness (QED) is 0.108. The molecule has 42 heavy (non-hydrogen) atoms. The van der Waals surface area contributed by atoms with Gasteiger partial charge in [-0.15, -0.1) is 12.8 Å². The molecule has 0 unspecified atom stereocenters. The molecule has 0 saturated carbocycles. The van der Waals surface area contributed by atoms with Crippen molar-refractivity contribution in [3.63, 3.8) is 0 Å². The molecule has 0 bridgehead atoms. The van der Waals surface area contributed by atoms with Crippen LogP contribution < -0.4 is 0 Å². The Kier molecular flexibility index (Phi) is 17.6. The fourth-order valence-corrected chi connectivity index (χ4v) is 2.86. The normalized spacial score (nSPS) is 12.9. The summed E-state index contributed by atoms with van der Waals surface area (Å²) in [6, 6.07) is 0. The molecule has 0 saturated heterocycles. The first-order valence-electron chi connectivity index (χ1n) is 11.8. The molecule has 13 heteroatoms. The summed E-state index contributed by atoms with van der Waals surface area (Å²) in [4.78, 5) is 0. The van der Waals surface area contributed by atoms with Gasteiger partial charge in [0.2, 0.25) is 0 Å². The summed E-state index contributed by atoms with van der Waals surface area (Å²) < 4.78 is 133. The average molecular weight is 775 g/mol. The van der Waals surface area contributed by atoms with E-state index in [1.165, 1.54) is 24.3 Å². The molecule has 2 aromatic carbocycles. The van der Waals surface area contributed by atoms with Gasteiger partial charge < -0.3 is 10.2 Å². The Labute approximate surface area is 251 Å². The Bertz CT molecular complexity index is 1180. The Hall–Kier alpha value is -2.64. The van der Waals surface area contributed by atoms with E-state index in [9.17, 15) is 43.9 Å². The number of halogens is 10. The van der Waals surface area contributed by atoms with Gasteiger partial charge in [-0.3, -0.25) is 12.2 Å². The number of benzene rings is 2. The molecule has 0 aliphatic heterocycles. The van der Waals surface area contributed by atoms with Crippen LogP contribution in [0.1, 0.15) is 51.7 Å². The number of rotatable bonds is 2. The van der Waals surface area contributed by atoms with Crippen molar-refractivity contribution in [2.45, 2.75) is 52.7 Å². The third-order valence-electron chi connectivity index (χ3n) is 4.39. The first kappa shape index (κ1) is 39.4. The van der Waals surface area contributed by atoms with Gasteiger partial charge in [0, 0.05) is 12.2 Å². The molecule has 4 rings (SSSR count). The zero-order valence-electron chi connectivity index (χ0n) is 22.8. The molecule has 2 nitrogen and oxygen atoms in total. The number of allylic oxidation sites excluding steroid dienone is 8. The van der Waals surface area contributed by atoms with Gasteiger partial charge in [-0.2, -0.15) is 23.3 Å². The fraction of sp³-hybridized carbons (Fsp3) is 0.276. The Balaban J connectivity index is 0.000000611. The molecule has 0 heterocycles. The molecule has 0 aromatic heterocycles. The maximum absolute atomic E-state index is 13.2. The molecule has 0 radical (unpaired) electrons. The van der Waals surface area contributed by atoms with Crippen molar-refractivity contribution in [1.29, 1.82) is 0 Å². The van der Waals surface area contributed by atoms with E-state index in [1.54, 1.807) is 27.7 Å². The first-order valence-corrected chi connectivity index (χ1v) is 14.4. The van der Waals surface area contributed by atoms with Gasteiger partial charge in [0.15, 0.2) is 58.2 Å². The van der Waals surface area contributed by atoms with Crippen LogP contribution >= 0.6 is 0 Å². The van der Waals surface area contributed by atoms with Gasteiger partial charge in [-0.25, -0.2) is 56.1 Å². The second-order valence-corrected chi connectivity index (χ2v) is 8.50. The van der Waals surface area contributed by atoms with E-state index >= 15 is 0 Å². The molecular formula is C29H26F10HfO2. The summed E-state index contributed by atoms with van der Waals surface area (Å²) in [7, 11) is 0. The average Bonchev–Trinajstić information content (AvgIpc) is 3.65. The van der Waals surface area contributed by atoms with Crippen molar-refractivity contribution in [2.24, 2.45) is 0 Å². The molecule has 0 spiro atoms. The molecule has 2 aliphatic carbocycles. The third kappa shape index (κ3) is 10.9. The summed E-state index contributed by atoms with van der Waals surface area (Å²) >= 11 is 1.06. The number of hydrogen-bond donors (Lipinski definition) is 2. The van der Waals surface area contributed by atoms with Crippen LogP contribution in [0.3, 0.4) is 0 Å². The summed E-state index contributed by atoms with van der Waals surface area (Å²) in [5.41, 5.74) is -1.90. The van der Waals surface area contributed by atoms with E-state index in [-0.39, 0.29) is 36.2 Å². The van der Waals surface area contributed by atoms with Crippen LogP contribution in [0.4, 0.5) is 43.9 Å². The summed E-state index contributed by atoms with van der Waals surface area (Å²) in [5, 5.41) is 16.1. The van der Waals surface area contributed by atoms with E-state index in [0.717, 1.165) is 23.9 Å². The zero-order valence-corrected chi connectivity index (χ0v) is 26.4. The summed E-state index contributed by atoms with van der Waals surface area (Å²) in [6.07, 6.45) is 10.5. The van der Waals surface area contributed by atoms with E-state index in [4.69, 9.17) is 10.2 Å². The molecule has 2 aliphatic rings. The van der Waals surface area contributed by atoms with E-state index in [2.05, 4.69) is 16.4 Å². The zero-order chi connectivity index (χ0) is 32.9. The van der Waals surface area contributed by atoms with Crippen LogP contribution in [0.25, 0.3) is 11.1 Å². The van der Waals surface area contributed by atoms with Crippen molar-refractivity contribution in [3.05, 3.63) is 106 Å². The summed E-state index contributed by atoms with van der Waals surface area (Å²) in [5.74, 6) is -19.3. The van der Waals surface area contributed by atoms with Crippen LogP contribution in [0.2, 0.25) is 0 Å². The van der Waals surface area contributed by atoms with Crippen molar-refractivity contribution < 1.29 is 78.0 Å². The predicted octanol–water partition coefficient (Wildman–Crippen LogP) is 7.80. The second kappa shape index (κ2) is 18.8. The Morgan fingerprint density at radius 3 is 0.881 bits per heavy atom. The van der Waals surface area contributed by atoms with E-state index < -0.39 is 69.3 Å². The van der Waals surface area contributed by atoms with Gasteiger partial charge >= 0.3 is 28.2 Å². The molecule has 0 atom stereocenters. The van der Waals surface area contributed by atoms with Gasteiger partial charge in [-0.05, 0) is 38.8 Å². The number of hydrogen-bond acceptors (Lipinski definition) is 2. The van der Waals surface area contributed by atoms with Crippen molar-refractivity contribution in [2.75, 3.05) is 0 Å². The van der Waals surface area contributed by atoms with Crippen molar-refractivity contribution in [1.82, 2.24) is 0 Å². The van der Waals surface area contributed by atoms with Crippen LogP contribution in [0, 0.1) is 70.3 Å². The van der Waals surface area contributed by atoms with Gasteiger partial charge in [0.25, 0.3) is 0 Å².